The van der Waals surface area contributed by atoms with Gasteiger partial charge in [-0.15, -0.1) is 0 Å². The van der Waals surface area contributed by atoms with Gasteiger partial charge in [0.05, 0.1) is 6.04 Å². The molecule has 0 aromatic heterocycles. The van der Waals surface area contributed by atoms with E-state index in [0.717, 1.165) is 5.56 Å². The molecule has 15 heteroatoms. The van der Waals surface area contributed by atoms with E-state index in [1.165, 1.54) is 17.0 Å². The van der Waals surface area contributed by atoms with Crippen molar-refractivity contribution in [2.24, 2.45) is 0 Å². The smallest absolute Gasteiger partial charge is 0.408 e. The summed E-state index contributed by atoms with van der Waals surface area (Å²) in [6, 6.07) is 35.6. The van der Waals surface area contributed by atoms with E-state index in [9.17, 15) is 39.0 Å². The minimum atomic E-state index is -1.33. The predicted octanol–water partition coefficient (Wildman–Crippen LogP) is 4.67. The normalized spacial score (nSPS) is 15.8. The van der Waals surface area contributed by atoms with Crippen LogP contribution in [-0.2, 0) is 61.1 Å². The van der Waals surface area contributed by atoms with Crippen molar-refractivity contribution in [2.45, 2.75) is 69.1 Å². The van der Waals surface area contributed by atoms with Crippen LogP contribution in [0.4, 0.5) is 9.59 Å². The number of nitrogens with one attached hydrogen (secondary N) is 4. The molecule has 1 saturated heterocycles. The first-order valence-electron chi connectivity index (χ1n) is 20.4. The lowest BCUT2D eigenvalue weighted by atomic mass is 10.0. The number of rotatable bonds is 18. The Kier molecular flexibility index (Phi) is 15.8. The molecule has 0 spiro atoms. The lowest BCUT2D eigenvalue weighted by Crippen LogP contribution is -2.58. The highest BCUT2D eigenvalue weighted by Gasteiger charge is 2.44. The Morgan fingerprint density at radius 3 is 1.54 bits per heavy atom. The third kappa shape index (κ3) is 13.7. The number of alkyl carbamates (subject to hydrolysis) is 2. The fourth-order valence-electron chi connectivity index (χ4n) is 7.19. The number of carboxylic acid groups (broad SMARTS) is 1. The first-order chi connectivity index (χ1) is 30.5. The summed E-state index contributed by atoms with van der Waals surface area (Å²) in [5, 5.41) is 30.8. The van der Waals surface area contributed by atoms with Gasteiger partial charge >= 0.3 is 18.2 Å². The molecule has 5 aromatic rings. The molecule has 1 aliphatic rings. The molecule has 6 N–H and O–H groups in total. The number of amides is 5. The molecule has 5 atom stereocenters. The molecule has 1 fully saturated rings. The van der Waals surface area contributed by atoms with E-state index in [4.69, 9.17) is 9.47 Å². The Bertz CT molecular complexity index is 2300. The lowest BCUT2D eigenvalue weighted by Gasteiger charge is -2.30. The second-order valence-electron chi connectivity index (χ2n) is 15.1. The van der Waals surface area contributed by atoms with E-state index in [2.05, 4.69) is 21.3 Å². The van der Waals surface area contributed by atoms with Crippen molar-refractivity contribution in [2.75, 3.05) is 6.54 Å². The molecule has 1 heterocycles. The Hall–Kier alpha value is -7.68. The van der Waals surface area contributed by atoms with E-state index >= 15 is 0 Å². The van der Waals surface area contributed by atoms with Crippen molar-refractivity contribution in [3.8, 4) is 5.75 Å². The van der Waals surface area contributed by atoms with Gasteiger partial charge in [-0.25, -0.2) is 14.4 Å². The summed E-state index contributed by atoms with van der Waals surface area (Å²) < 4.78 is 10.9. The zero-order valence-electron chi connectivity index (χ0n) is 34.3. The maximum absolute atomic E-state index is 14.7. The Balaban J connectivity index is 1.25. The SMILES string of the molecule is O=C(N[C@H]1C[C@@H](C(=O)N[C@H](Cc2ccccc2)C(=O)N[C@H](Cc2ccccc2)C(=O)O)N(C(=O)[C@H](Cc2ccc(O)cc2)NC(=O)OCc2ccccc2)C1)OCc1ccccc1. The van der Waals surface area contributed by atoms with Gasteiger partial charge in [-0.2, -0.15) is 0 Å². The van der Waals surface area contributed by atoms with Crippen molar-refractivity contribution in [1.29, 1.82) is 0 Å². The fourth-order valence-corrected chi connectivity index (χ4v) is 7.19. The molecule has 0 saturated carbocycles. The van der Waals surface area contributed by atoms with Gasteiger partial charge in [-0.1, -0.05) is 133 Å². The van der Waals surface area contributed by atoms with Gasteiger partial charge in [-0.3, -0.25) is 14.4 Å². The maximum Gasteiger partial charge on any atom is 0.408 e. The number of carbonyl (C=O) groups excluding carboxylic acids is 5. The minimum Gasteiger partial charge on any atom is -0.508 e. The number of hydrogen-bond acceptors (Lipinski definition) is 9. The molecule has 0 bridgehead atoms. The predicted molar refractivity (Wildman–Crippen MR) is 231 cm³/mol. The first-order valence-corrected chi connectivity index (χ1v) is 20.4. The Morgan fingerprint density at radius 2 is 1.02 bits per heavy atom. The largest absolute Gasteiger partial charge is 0.508 e. The molecule has 0 unspecified atom stereocenters. The lowest BCUT2D eigenvalue weighted by molar-refractivity contribution is -0.143. The standard InChI is InChI=1S/C48H49N5O10/c54-38-23-21-34(22-24-38)26-40(52-48(61)63-31-36-19-11-4-12-20-36)45(57)53-29-37(49-47(60)62-30-35-17-9-3-10-18-35)28-42(53)44(56)50-39(25-32-13-5-1-6-14-32)43(55)51-41(46(58)59)27-33-15-7-2-8-16-33/h1-24,37,39-42,54H,25-31H2,(H,49,60)(H,50,56)(H,51,55)(H,52,61)(H,58,59)/t37-,39+,40-,41+,42-/m0/s1. The molecular weight excluding hydrogens is 807 g/mol. The second-order valence-corrected chi connectivity index (χ2v) is 15.1. The zero-order valence-corrected chi connectivity index (χ0v) is 34.3. The number of nitrogens with zero attached hydrogens (tertiary/aromatic N) is 1. The highest BCUT2D eigenvalue weighted by molar-refractivity contribution is 5.95. The summed E-state index contributed by atoms with van der Waals surface area (Å²) in [7, 11) is 0. The summed E-state index contributed by atoms with van der Waals surface area (Å²) >= 11 is 0. The number of aliphatic carboxylic acids is 1. The molecule has 63 heavy (non-hydrogen) atoms. The topological polar surface area (TPSA) is 213 Å². The number of carboxylic acids is 1. The number of ether oxygens (including phenoxy) is 2. The van der Waals surface area contributed by atoms with Gasteiger partial charge in [0.1, 0.15) is 43.1 Å². The van der Waals surface area contributed by atoms with Gasteiger partial charge in [0.15, 0.2) is 0 Å². The van der Waals surface area contributed by atoms with Crippen LogP contribution in [0, 0.1) is 0 Å². The van der Waals surface area contributed by atoms with Crippen molar-refractivity contribution >= 4 is 35.9 Å². The van der Waals surface area contributed by atoms with Gasteiger partial charge in [0.2, 0.25) is 17.7 Å². The molecule has 0 aliphatic carbocycles. The molecule has 0 radical (unpaired) electrons. The number of phenols is 1. The van der Waals surface area contributed by atoms with E-state index in [0.29, 0.717) is 22.3 Å². The number of aromatic hydroxyl groups is 1. The summed E-state index contributed by atoms with van der Waals surface area (Å²) in [6.07, 6.45) is -1.91. The molecular formula is C48H49N5O10. The van der Waals surface area contributed by atoms with Gasteiger partial charge in [-0.05, 0) is 46.4 Å². The summed E-state index contributed by atoms with van der Waals surface area (Å²) in [6.45, 7) is -0.303. The van der Waals surface area contributed by atoms with Crippen LogP contribution in [0.3, 0.4) is 0 Å². The average molecular weight is 856 g/mol. The van der Waals surface area contributed by atoms with Crippen LogP contribution < -0.4 is 21.3 Å². The first kappa shape index (κ1) is 44.9. The Labute approximate surface area is 364 Å². The highest BCUT2D eigenvalue weighted by atomic mass is 16.6. The van der Waals surface area contributed by atoms with Crippen molar-refractivity contribution in [3.05, 3.63) is 173 Å². The number of phenolic OH excluding ortho intramolecular Hbond substituents is 1. The van der Waals surface area contributed by atoms with Gasteiger partial charge in [0, 0.05) is 25.8 Å². The zero-order chi connectivity index (χ0) is 44.6. The van der Waals surface area contributed by atoms with Crippen molar-refractivity contribution in [3.63, 3.8) is 0 Å². The summed E-state index contributed by atoms with van der Waals surface area (Å²) in [5.74, 6) is -3.50. The van der Waals surface area contributed by atoms with Crippen LogP contribution in [0.2, 0.25) is 0 Å². The maximum atomic E-state index is 14.7. The Morgan fingerprint density at radius 1 is 0.556 bits per heavy atom. The van der Waals surface area contributed by atoms with Gasteiger partial charge in [0.25, 0.3) is 0 Å². The monoisotopic (exact) mass is 855 g/mol. The number of carbonyl (C=O) groups is 6. The van der Waals surface area contributed by atoms with E-state index < -0.39 is 66.1 Å². The van der Waals surface area contributed by atoms with Crippen molar-refractivity contribution in [1.82, 2.24) is 26.2 Å². The van der Waals surface area contributed by atoms with Crippen molar-refractivity contribution < 1.29 is 48.5 Å². The van der Waals surface area contributed by atoms with E-state index in [1.54, 1.807) is 121 Å². The third-order valence-electron chi connectivity index (χ3n) is 10.4. The number of hydrogen-bond donors (Lipinski definition) is 6. The van der Waals surface area contributed by atoms with E-state index in [1.807, 2.05) is 12.1 Å². The fraction of sp³-hybridized carbons (Fsp3) is 0.250. The average Bonchev–Trinajstić information content (AvgIpc) is 3.72. The molecule has 326 valence electrons. The van der Waals surface area contributed by atoms with Crippen LogP contribution in [0.15, 0.2) is 146 Å². The van der Waals surface area contributed by atoms with Crippen LogP contribution >= 0.6 is 0 Å². The molecule has 5 amide bonds. The minimum absolute atomic E-state index is 0.00923. The van der Waals surface area contributed by atoms with Gasteiger partial charge < -0.3 is 45.9 Å². The quantitative estimate of drug-likeness (QED) is 0.0717. The molecule has 5 aromatic carbocycles. The molecule has 6 rings (SSSR count). The third-order valence-corrected chi connectivity index (χ3v) is 10.4. The highest BCUT2D eigenvalue weighted by Crippen LogP contribution is 2.23. The molecule has 15 nitrogen and oxygen atoms in total. The van der Waals surface area contributed by atoms with Crippen LogP contribution in [0.1, 0.15) is 34.2 Å². The number of likely N-dealkylation sites (tertiary alicyclic amines) is 1. The van der Waals surface area contributed by atoms with Crippen LogP contribution in [-0.4, -0.2) is 87.7 Å². The number of benzene rings is 5. The summed E-state index contributed by atoms with van der Waals surface area (Å²) in [5.41, 5.74) is 3.36. The summed E-state index contributed by atoms with van der Waals surface area (Å²) in [4.78, 5) is 83.2. The van der Waals surface area contributed by atoms with E-state index in [-0.39, 0.29) is 51.2 Å². The van der Waals surface area contributed by atoms with Crippen LogP contribution in [0.5, 0.6) is 5.75 Å². The second kappa shape index (κ2) is 22.2. The van der Waals surface area contributed by atoms with Crippen LogP contribution in [0.25, 0.3) is 0 Å². The molecule has 1 aliphatic heterocycles.